The van der Waals surface area contributed by atoms with E-state index in [2.05, 4.69) is 44.9 Å². The third kappa shape index (κ3) is 1.31. The molecule has 0 aliphatic carbocycles. The lowest BCUT2D eigenvalue weighted by molar-refractivity contribution is 0.596. The highest BCUT2D eigenvalue weighted by Crippen LogP contribution is 2.33. The molecule has 0 N–H and O–H groups in total. The van der Waals surface area contributed by atoms with E-state index in [0.29, 0.717) is 6.04 Å². The summed E-state index contributed by atoms with van der Waals surface area (Å²) in [6.07, 6.45) is 2.52. The maximum atomic E-state index is 2.43. The van der Waals surface area contributed by atoms with Gasteiger partial charge in [-0.2, -0.15) is 0 Å². The molecule has 2 rings (SSSR count). The van der Waals surface area contributed by atoms with E-state index in [9.17, 15) is 0 Å². The summed E-state index contributed by atoms with van der Waals surface area (Å²) in [5.74, 6) is 0. The van der Waals surface area contributed by atoms with Gasteiger partial charge in [0.25, 0.3) is 0 Å². The van der Waals surface area contributed by atoms with Crippen molar-refractivity contribution < 1.29 is 0 Å². The van der Waals surface area contributed by atoms with E-state index in [0.717, 1.165) is 0 Å². The minimum absolute atomic E-state index is 0.683. The topological polar surface area (TPSA) is 3.24 Å². The van der Waals surface area contributed by atoms with Crippen LogP contribution in [0, 0.1) is 13.8 Å². The van der Waals surface area contributed by atoms with Crippen LogP contribution in [0.4, 0.5) is 5.69 Å². The lowest BCUT2D eigenvalue weighted by atomic mass is 9.92. The van der Waals surface area contributed by atoms with Crippen molar-refractivity contribution in [3.63, 3.8) is 0 Å². The number of fused-ring (bicyclic) bond motifs is 1. The molecule has 1 atom stereocenters. The number of aryl methyl sites for hydroxylation is 2. The van der Waals surface area contributed by atoms with Gasteiger partial charge in [-0.15, -0.1) is 0 Å². The maximum absolute atomic E-state index is 2.43. The Balaban J connectivity index is 2.56. The summed E-state index contributed by atoms with van der Waals surface area (Å²) >= 11 is 0. The Morgan fingerprint density at radius 2 is 2.00 bits per heavy atom. The first kappa shape index (κ1) is 9.57. The lowest BCUT2D eigenvalue weighted by Crippen LogP contribution is -2.34. The van der Waals surface area contributed by atoms with Crippen molar-refractivity contribution in [3.8, 4) is 0 Å². The van der Waals surface area contributed by atoms with Crippen molar-refractivity contribution in [1.29, 1.82) is 0 Å². The van der Waals surface area contributed by atoms with Crippen LogP contribution < -0.4 is 4.90 Å². The van der Waals surface area contributed by atoms with Gasteiger partial charge in [0, 0.05) is 18.8 Å². The third-order valence-electron chi connectivity index (χ3n) is 3.63. The second-order valence-corrected chi connectivity index (χ2v) is 4.51. The van der Waals surface area contributed by atoms with Crippen molar-refractivity contribution in [2.45, 2.75) is 39.7 Å². The Hall–Kier alpha value is -0.980. The number of anilines is 1. The van der Waals surface area contributed by atoms with Gasteiger partial charge in [0.05, 0.1) is 0 Å². The molecule has 1 aliphatic heterocycles. The van der Waals surface area contributed by atoms with Gasteiger partial charge in [-0.1, -0.05) is 12.1 Å². The van der Waals surface area contributed by atoms with Gasteiger partial charge in [-0.3, -0.25) is 0 Å². The second-order valence-electron chi connectivity index (χ2n) is 4.51. The third-order valence-corrected chi connectivity index (χ3v) is 3.63. The van der Waals surface area contributed by atoms with Crippen LogP contribution in [-0.2, 0) is 6.42 Å². The highest BCUT2D eigenvalue weighted by Gasteiger charge is 2.21. The maximum Gasteiger partial charge on any atom is 0.0430 e. The summed E-state index contributed by atoms with van der Waals surface area (Å²) in [5, 5.41) is 0. The zero-order valence-electron chi connectivity index (χ0n) is 9.59. The van der Waals surface area contributed by atoms with Gasteiger partial charge >= 0.3 is 0 Å². The van der Waals surface area contributed by atoms with E-state index < -0.39 is 0 Å². The summed E-state index contributed by atoms with van der Waals surface area (Å²) in [7, 11) is 2.22. The molecule has 0 radical (unpaired) electrons. The summed E-state index contributed by atoms with van der Waals surface area (Å²) < 4.78 is 0. The smallest absolute Gasteiger partial charge is 0.0430 e. The molecular formula is C13H19N. The SMILES string of the molecule is Cc1ccc2c(c1C)N(C)C(C)CC2. The average Bonchev–Trinajstić information content (AvgIpc) is 2.17. The van der Waals surface area contributed by atoms with Crippen LogP contribution in [0.3, 0.4) is 0 Å². The van der Waals surface area contributed by atoms with Crippen molar-refractivity contribution >= 4 is 5.69 Å². The second kappa shape index (κ2) is 3.30. The fraction of sp³-hybridized carbons (Fsp3) is 0.538. The van der Waals surface area contributed by atoms with E-state index >= 15 is 0 Å². The molecule has 0 spiro atoms. The number of benzene rings is 1. The fourth-order valence-electron chi connectivity index (χ4n) is 2.33. The molecule has 1 nitrogen and oxygen atoms in total. The molecule has 0 saturated heterocycles. The number of hydrogen-bond donors (Lipinski definition) is 0. The molecule has 76 valence electrons. The molecule has 1 aliphatic rings. The first-order chi connectivity index (χ1) is 6.61. The molecule has 0 bridgehead atoms. The van der Waals surface area contributed by atoms with Crippen molar-refractivity contribution in [2.75, 3.05) is 11.9 Å². The highest BCUT2D eigenvalue weighted by molar-refractivity contribution is 5.63. The van der Waals surface area contributed by atoms with E-state index in [1.54, 1.807) is 0 Å². The average molecular weight is 189 g/mol. The summed E-state index contributed by atoms with van der Waals surface area (Å²) in [4.78, 5) is 2.43. The quantitative estimate of drug-likeness (QED) is 0.606. The Kier molecular flexibility index (Phi) is 2.26. The Morgan fingerprint density at radius 1 is 1.29 bits per heavy atom. The minimum atomic E-state index is 0.683. The summed E-state index contributed by atoms with van der Waals surface area (Å²) in [6.45, 7) is 6.75. The molecule has 14 heavy (non-hydrogen) atoms. The van der Waals surface area contributed by atoms with Gasteiger partial charge in [-0.25, -0.2) is 0 Å². The van der Waals surface area contributed by atoms with E-state index in [1.165, 1.54) is 35.2 Å². The van der Waals surface area contributed by atoms with Gasteiger partial charge in [-0.05, 0) is 50.3 Å². The van der Waals surface area contributed by atoms with Gasteiger partial charge in [0.2, 0.25) is 0 Å². The molecule has 1 heterocycles. The predicted octanol–water partition coefficient (Wildman–Crippen LogP) is 3.07. The van der Waals surface area contributed by atoms with Crippen LogP contribution in [-0.4, -0.2) is 13.1 Å². The predicted molar refractivity (Wildman–Crippen MR) is 62.1 cm³/mol. The van der Waals surface area contributed by atoms with Crippen LogP contribution in [0.25, 0.3) is 0 Å². The van der Waals surface area contributed by atoms with Crippen LogP contribution in [0.15, 0.2) is 12.1 Å². The number of hydrogen-bond acceptors (Lipinski definition) is 1. The number of rotatable bonds is 0. The molecule has 1 heteroatoms. The van der Waals surface area contributed by atoms with E-state index in [-0.39, 0.29) is 0 Å². The van der Waals surface area contributed by atoms with E-state index in [1.807, 2.05) is 0 Å². The fourth-order valence-corrected chi connectivity index (χ4v) is 2.33. The van der Waals surface area contributed by atoms with Gasteiger partial charge in [0.1, 0.15) is 0 Å². The van der Waals surface area contributed by atoms with Crippen molar-refractivity contribution in [1.82, 2.24) is 0 Å². The minimum Gasteiger partial charge on any atom is -0.371 e. The van der Waals surface area contributed by atoms with Crippen LogP contribution in [0.1, 0.15) is 30.0 Å². The standard InChI is InChI=1S/C13H19N/c1-9-5-7-12-8-6-10(2)14(4)13(12)11(9)3/h5,7,10H,6,8H2,1-4H3. The van der Waals surface area contributed by atoms with Crippen LogP contribution in [0.2, 0.25) is 0 Å². The molecule has 0 amide bonds. The molecule has 0 saturated carbocycles. The highest BCUT2D eigenvalue weighted by atomic mass is 15.1. The van der Waals surface area contributed by atoms with Gasteiger partial charge < -0.3 is 4.90 Å². The molecular weight excluding hydrogens is 170 g/mol. The number of nitrogens with zero attached hydrogens (tertiary/aromatic N) is 1. The largest absolute Gasteiger partial charge is 0.371 e. The van der Waals surface area contributed by atoms with E-state index in [4.69, 9.17) is 0 Å². The Morgan fingerprint density at radius 3 is 2.71 bits per heavy atom. The lowest BCUT2D eigenvalue weighted by Gasteiger charge is -2.35. The summed E-state index contributed by atoms with van der Waals surface area (Å²) in [5.41, 5.74) is 5.86. The molecule has 0 fully saturated rings. The Labute approximate surface area is 86.7 Å². The molecule has 1 aromatic carbocycles. The Bertz CT molecular complexity index is 354. The monoisotopic (exact) mass is 189 g/mol. The van der Waals surface area contributed by atoms with Gasteiger partial charge in [0.15, 0.2) is 0 Å². The molecule has 0 aromatic heterocycles. The summed E-state index contributed by atoms with van der Waals surface area (Å²) in [6, 6.07) is 5.22. The first-order valence-electron chi connectivity index (χ1n) is 5.43. The van der Waals surface area contributed by atoms with Crippen LogP contribution in [0.5, 0.6) is 0 Å². The zero-order valence-corrected chi connectivity index (χ0v) is 9.59. The van der Waals surface area contributed by atoms with Crippen LogP contribution >= 0.6 is 0 Å². The normalized spacial score (nSPS) is 20.9. The first-order valence-corrected chi connectivity index (χ1v) is 5.43. The zero-order chi connectivity index (χ0) is 10.3. The molecule has 1 aromatic rings. The van der Waals surface area contributed by atoms with Crippen molar-refractivity contribution in [3.05, 3.63) is 28.8 Å². The molecule has 1 unspecified atom stereocenters. The van der Waals surface area contributed by atoms with Crippen molar-refractivity contribution in [2.24, 2.45) is 0 Å².